The first-order valence-corrected chi connectivity index (χ1v) is 7.18. The molecule has 0 aromatic heterocycles. The maximum Gasteiger partial charge on any atom is 0.332 e. The predicted molar refractivity (Wildman–Crippen MR) is 74.4 cm³/mol. The van der Waals surface area contributed by atoms with Crippen LogP contribution in [0.3, 0.4) is 0 Å². The topological polar surface area (TPSA) is 150 Å². The van der Waals surface area contributed by atoms with E-state index >= 15 is 0 Å². The Morgan fingerprint density at radius 1 is 1.09 bits per heavy atom. The highest BCUT2D eigenvalue weighted by atomic mass is 32.2. The van der Waals surface area contributed by atoms with Gasteiger partial charge in [-0.15, -0.1) is 0 Å². The van der Waals surface area contributed by atoms with Gasteiger partial charge in [0.05, 0.1) is 11.0 Å². The van der Waals surface area contributed by atoms with Gasteiger partial charge in [0.1, 0.15) is 0 Å². The quantitative estimate of drug-likeness (QED) is 0.438. The van der Waals surface area contributed by atoms with E-state index in [2.05, 4.69) is 5.32 Å². The Balaban J connectivity index is 2.93. The molecule has 0 heterocycles. The zero-order valence-corrected chi connectivity index (χ0v) is 12.0. The van der Waals surface area contributed by atoms with Crippen molar-refractivity contribution in [2.45, 2.75) is 11.8 Å². The van der Waals surface area contributed by atoms with Crippen LogP contribution in [0.5, 0.6) is 0 Å². The number of aliphatic hydroxyl groups excluding tert-OH is 1. The van der Waals surface area contributed by atoms with E-state index in [1.165, 1.54) is 23.8 Å². The number of aliphatic carboxylic acids is 1. The summed E-state index contributed by atoms with van der Waals surface area (Å²) in [7, 11) is -4.29. The molecule has 0 spiro atoms. The number of carbonyl (C=O) groups excluding carboxylic acids is 2. The van der Waals surface area contributed by atoms with Crippen LogP contribution >= 0.6 is 0 Å². The molecule has 1 aromatic carbocycles. The largest absolute Gasteiger partial charge is 0.503 e. The van der Waals surface area contributed by atoms with E-state index in [1.807, 2.05) is 0 Å². The third-order valence-electron chi connectivity index (χ3n) is 2.20. The van der Waals surface area contributed by atoms with E-state index in [4.69, 9.17) is 10.2 Å². The summed E-state index contributed by atoms with van der Waals surface area (Å²) < 4.78 is 25.2. The van der Waals surface area contributed by atoms with Crippen molar-refractivity contribution in [1.29, 1.82) is 0 Å². The highest BCUT2D eigenvalue weighted by Crippen LogP contribution is 2.14. The van der Waals surface area contributed by atoms with Gasteiger partial charge in [-0.25, -0.2) is 17.9 Å². The van der Waals surface area contributed by atoms with E-state index in [1.54, 1.807) is 0 Å². The van der Waals surface area contributed by atoms with Crippen LogP contribution < -0.4 is 10.0 Å². The minimum Gasteiger partial charge on any atom is -0.503 e. The van der Waals surface area contributed by atoms with Gasteiger partial charge >= 0.3 is 5.97 Å². The fraction of sp³-hybridized carbons (Fsp3) is 0.0833. The van der Waals surface area contributed by atoms with Crippen molar-refractivity contribution in [3.63, 3.8) is 0 Å². The van der Waals surface area contributed by atoms with Crippen LogP contribution in [0.1, 0.15) is 6.92 Å². The third-order valence-corrected chi connectivity index (χ3v) is 3.55. The number of carboxylic acids is 1. The molecule has 118 valence electrons. The Morgan fingerprint density at radius 2 is 1.64 bits per heavy atom. The van der Waals surface area contributed by atoms with Crippen LogP contribution in [0, 0.1) is 0 Å². The van der Waals surface area contributed by atoms with Crippen molar-refractivity contribution in [2.24, 2.45) is 0 Å². The smallest absolute Gasteiger partial charge is 0.332 e. The van der Waals surface area contributed by atoms with Gasteiger partial charge in [-0.2, -0.15) is 0 Å². The van der Waals surface area contributed by atoms with Gasteiger partial charge in [0.25, 0.3) is 15.9 Å². The number of aliphatic hydroxyl groups is 1. The number of anilines is 1. The Kier molecular flexibility index (Phi) is 5.24. The van der Waals surface area contributed by atoms with E-state index in [0.29, 0.717) is 5.69 Å². The highest BCUT2D eigenvalue weighted by Gasteiger charge is 2.20. The van der Waals surface area contributed by atoms with Crippen LogP contribution in [-0.4, -0.2) is 36.4 Å². The first-order valence-electron chi connectivity index (χ1n) is 5.70. The molecule has 0 atom stereocenters. The standard InChI is InChI=1S/C12H12N2O7S/c1-7(15)13-8-2-4-9(5-3-8)22(20,21)14-12(19)10(16)6-11(17)18/h2-6,16H,1H3,(H,13,15)(H,14,19)(H,17,18)/b10-6-. The number of hydrogen-bond donors (Lipinski definition) is 4. The molecular formula is C12H12N2O7S. The average molecular weight is 328 g/mol. The van der Waals surface area contributed by atoms with E-state index in [-0.39, 0.29) is 16.9 Å². The molecule has 0 radical (unpaired) electrons. The number of nitrogens with one attached hydrogen (secondary N) is 2. The zero-order valence-electron chi connectivity index (χ0n) is 11.2. The number of benzene rings is 1. The zero-order chi connectivity index (χ0) is 16.9. The lowest BCUT2D eigenvalue weighted by molar-refractivity contribution is -0.132. The molecule has 1 aromatic rings. The van der Waals surface area contributed by atoms with Gasteiger partial charge in [-0.05, 0) is 24.3 Å². The summed E-state index contributed by atoms with van der Waals surface area (Å²) in [5.41, 5.74) is 0.353. The lowest BCUT2D eigenvalue weighted by Crippen LogP contribution is -2.32. The van der Waals surface area contributed by atoms with E-state index in [0.717, 1.165) is 12.1 Å². The molecule has 22 heavy (non-hydrogen) atoms. The lowest BCUT2D eigenvalue weighted by atomic mass is 10.3. The molecule has 0 aliphatic heterocycles. The van der Waals surface area contributed by atoms with E-state index < -0.39 is 27.7 Å². The summed E-state index contributed by atoms with van der Waals surface area (Å²) in [5, 5.41) is 19.9. The minimum absolute atomic E-state index is 0.157. The minimum atomic E-state index is -4.29. The maximum absolute atomic E-state index is 11.9. The van der Waals surface area contributed by atoms with Crippen molar-refractivity contribution in [3.8, 4) is 0 Å². The molecule has 0 fully saturated rings. The second kappa shape index (κ2) is 6.72. The van der Waals surface area contributed by atoms with Crippen LogP contribution in [0.15, 0.2) is 41.0 Å². The van der Waals surface area contributed by atoms with Crippen molar-refractivity contribution in [2.75, 3.05) is 5.32 Å². The number of carbonyl (C=O) groups is 3. The number of sulfonamides is 1. The van der Waals surface area contributed by atoms with Crippen molar-refractivity contribution < 1.29 is 33.0 Å². The molecule has 0 bridgehead atoms. The highest BCUT2D eigenvalue weighted by molar-refractivity contribution is 7.90. The van der Waals surface area contributed by atoms with E-state index in [9.17, 15) is 22.8 Å². The Morgan fingerprint density at radius 3 is 2.09 bits per heavy atom. The van der Waals surface area contributed by atoms with Crippen LogP contribution in [-0.2, 0) is 24.4 Å². The molecule has 0 aliphatic carbocycles. The monoisotopic (exact) mass is 328 g/mol. The van der Waals surface area contributed by atoms with Crippen LogP contribution in [0.25, 0.3) is 0 Å². The summed E-state index contributed by atoms with van der Waals surface area (Å²) in [6.07, 6.45) is 0.157. The fourth-order valence-corrected chi connectivity index (χ4v) is 2.30. The van der Waals surface area contributed by atoms with Crippen LogP contribution in [0.2, 0.25) is 0 Å². The van der Waals surface area contributed by atoms with Gasteiger partial charge in [0.15, 0.2) is 5.76 Å². The van der Waals surface area contributed by atoms with Crippen molar-refractivity contribution in [3.05, 3.63) is 36.1 Å². The van der Waals surface area contributed by atoms with Gasteiger partial charge in [0.2, 0.25) is 5.91 Å². The van der Waals surface area contributed by atoms with Gasteiger partial charge in [-0.1, -0.05) is 0 Å². The molecule has 4 N–H and O–H groups in total. The number of hydrogen-bond acceptors (Lipinski definition) is 6. The van der Waals surface area contributed by atoms with Crippen molar-refractivity contribution >= 4 is 33.5 Å². The first-order chi connectivity index (χ1) is 10.1. The fourth-order valence-electron chi connectivity index (χ4n) is 1.34. The van der Waals surface area contributed by atoms with Crippen molar-refractivity contribution in [1.82, 2.24) is 4.72 Å². The molecule has 9 nitrogen and oxygen atoms in total. The summed E-state index contributed by atoms with van der Waals surface area (Å²) in [5.74, 6) is -4.68. The molecule has 0 aliphatic rings. The van der Waals surface area contributed by atoms with Gasteiger partial charge in [0, 0.05) is 12.6 Å². The Hall–Kier alpha value is -2.88. The second-order valence-electron chi connectivity index (χ2n) is 4.01. The molecular weight excluding hydrogens is 316 g/mol. The SMILES string of the molecule is CC(=O)Nc1ccc(S(=O)(=O)NC(=O)/C(O)=C/C(=O)O)cc1. The molecule has 1 rings (SSSR count). The molecule has 0 saturated carbocycles. The molecule has 2 amide bonds. The molecule has 0 saturated heterocycles. The number of amides is 2. The normalized spacial score (nSPS) is 11.6. The summed E-state index contributed by atoms with van der Waals surface area (Å²) in [6, 6.07) is 4.85. The van der Waals surface area contributed by atoms with Gasteiger partial charge in [-0.3, -0.25) is 9.59 Å². The Bertz CT molecular complexity index is 735. The number of carboxylic acid groups (broad SMARTS) is 1. The molecule has 0 unspecified atom stereocenters. The number of rotatable bonds is 5. The third kappa shape index (κ3) is 4.90. The van der Waals surface area contributed by atoms with Crippen LogP contribution in [0.4, 0.5) is 5.69 Å². The summed E-state index contributed by atoms with van der Waals surface area (Å²) in [4.78, 5) is 32.2. The van der Waals surface area contributed by atoms with Gasteiger partial charge < -0.3 is 15.5 Å². The predicted octanol–water partition coefficient (Wildman–Crippen LogP) is -0.0236. The first kappa shape index (κ1) is 17.2. The summed E-state index contributed by atoms with van der Waals surface area (Å²) in [6.45, 7) is 1.28. The molecule has 10 heteroatoms. The Labute approximate surface area is 125 Å². The lowest BCUT2D eigenvalue weighted by Gasteiger charge is -2.07. The average Bonchev–Trinajstić information content (AvgIpc) is 2.37. The summed E-state index contributed by atoms with van der Waals surface area (Å²) >= 11 is 0. The second-order valence-corrected chi connectivity index (χ2v) is 5.69. The maximum atomic E-state index is 11.9.